The molecule has 6 nitrogen and oxygen atoms in total. The average molecular weight is 315 g/mol. The Balaban J connectivity index is 2.78. The lowest BCUT2D eigenvalue weighted by Crippen LogP contribution is -2.44. The van der Waals surface area contributed by atoms with E-state index in [1.165, 1.54) is 19.2 Å². The summed E-state index contributed by atoms with van der Waals surface area (Å²) < 4.78 is 31.3. The lowest BCUT2D eigenvalue weighted by atomic mass is 10.0. The molecule has 2 N–H and O–H groups in total. The zero-order chi connectivity index (χ0) is 16.1. The molecule has 0 radical (unpaired) electrons. The van der Waals surface area contributed by atoms with Crippen LogP contribution in [0.15, 0.2) is 24.3 Å². The summed E-state index contributed by atoms with van der Waals surface area (Å²) >= 11 is 0. The van der Waals surface area contributed by atoms with Crippen molar-refractivity contribution in [3.8, 4) is 0 Å². The van der Waals surface area contributed by atoms with Crippen molar-refractivity contribution in [2.75, 3.05) is 13.7 Å². The van der Waals surface area contributed by atoms with Crippen molar-refractivity contribution in [2.24, 2.45) is 0 Å². The highest BCUT2D eigenvalue weighted by molar-refractivity contribution is 7.88. The monoisotopic (exact) mass is 315 g/mol. The number of nitrogens with one attached hydrogen (secondary N) is 1. The molecule has 0 bridgehead atoms. The zero-order valence-electron chi connectivity index (χ0n) is 12.4. The minimum absolute atomic E-state index is 0.0939. The van der Waals surface area contributed by atoms with Gasteiger partial charge in [-0.2, -0.15) is 0 Å². The highest BCUT2D eigenvalue weighted by Crippen LogP contribution is 2.13. The van der Waals surface area contributed by atoms with Gasteiger partial charge in [0.1, 0.15) is 0 Å². The standard InChI is InChI=1S/C14H21NO5S/c1-14(2,8-9-16)15-21(18,19)10-11-4-6-12(7-5-11)13(17)20-3/h4-7,15-16H,8-10H2,1-3H3. The highest BCUT2D eigenvalue weighted by atomic mass is 32.2. The Labute approximate surface area is 125 Å². The van der Waals surface area contributed by atoms with Crippen molar-refractivity contribution in [3.05, 3.63) is 35.4 Å². The molecule has 0 saturated heterocycles. The second kappa shape index (κ2) is 7.02. The van der Waals surface area contributed by atoms with E-state index >= 15 is 0 Å². The molecule has 0 aliphatic heterocycles. The average Bonchev–Trinajstić information content (AvgIpc) is 2.36. The lowest BCUT2D eigenvalue weighted by Gasteiger charge is -2.25. The number of hydrogen-bond acceptors (Lipinski definition) is 5. The zero-order valence-corrected chi connectivity index (χ0v) is 13.2. The maximum Gasteiger partial charge on any atom is 0.337 e. The number of ether oxygens (including phenoxy) is 1. The number of aliphatic hydroxyl groups excluding tert-OH is 1. The smallest absolute Gasteiger partial charge is 0.337 e. The number of carbonyl (C=O) groups is 1. The maximum absolute atomic E-state index is 12.1. The van der Waals surface area contributed by atoms with E-state index in [9.17, 15) is 13.2 Å². The predicted molar refractivity (Wildman–Crippen MR) is 79.3 cm³/mol. The molecule has 1 aromatic carbocycles. The number of sulfonamides is 1. The molecule has 0 fully saturated rings. The van der Waals surface area contributed by atoms with Gasteiger partial charge in [-0.05, 0) is 38.0 Å². The minimum atomic E-state index is -3.53. The van der Waals surface area contributed by atoms with Crippen molar-refractivity contribution < 1.29 is 23.1 Å². The van der Waals surface area contributed by atoms with Crippen LogP contribution < -0.4 is 4.72 Å². The Morgan fingerprint density at radius 1 is 1.29 bits per heavy atom. The summed E-state index contributed by atoms with van der Waals surface area (Å²) in [6.45, 7) is 3.32. The third-order valence-corrected chi connectivity index (χ3v) is 4.48. The van der Waals surface area contributed by atoms with Crippen LogP contribution in [0, 0.1) is 0 Å². The quantitative estimate of drug-likeness (QED) is 0.734. The van der Waals surface area contributed by atoms with Crippen LogP contribution >= 0.6 is 0 Å². The first-order chi connectivity index (χ1) is 9.69. The molecule has 0 heterocycles. The largest absolute Gasteiger partial charge is 0.465 e. The summed E-state index contributed by atoms with van der Waals surface area (Å²) in [7, 11) is -2.24. The minimum Gasteiger partial charge on any atom is -0.465 e. The van der Waals surface area contributed by atoms with E-state index in [1.54, 1.807) is 26.0 Å². The van der Waals surface area contributed by atoms with Crippen molar-refractivity contribution in [2.45, 2.75) is 31.6 Å². The molecular formula is C14H21NO5S. The molecular weight excluding hydrogens is 294 g/mol. The Bertz CT molecular complexity index is 578. The second-order valence-corrected chi connectivity index (χ2v) is 7.13. The summed E-state index contributed by atoms with van der Waals surface area (Å²) in [5.41, 5.74) is 0.224. The van der Waals surface area contributed by atoms with Gasteiger partial charge >= 0.3 is 5.97 Å². The topological polar surface area (TPSA) is 92.7 Å². The fourth-order valence-corrected chi connectivity index (χ4v) is 3.51. The van der Waals surface area contributed by atoms with Crippen LogP contribution in [0.2, 0.25) is 0 Å². The molecule has 0 unspecified atom stereocenters. The number of rotatable bonds is 7. The van der Waals surface area contributed by atoms with Gasteiger partial charge in [-0.15, -0.1) is 0 Å². The molecule has 0 saturated carbocycles. The van der Waals surface area contributed by atoms with Crippen LogP contribution in [0.4, 0.5) is 0 Å². The summed E-state index contributed by atoms with van der Waals surface area (Å²) in [6, 6.07) is 6.19. The van der Waals surface area contributed by atoms with E-state index in [1.807, 2.05) is 0 Å². The number of aliphatic hydroxyl groups is 1. The first kappa shape index (κ1) is 17.6. The van der Waals surface area contributed by atoms with Gasteiger partial charge < -0.3 is 9.84 Å². The van der Waals surface area contributed by atoms with E-state index in [0.717, 1.165) is 0 Å². The summed E-state index contributed by atoms with van der Waals surface area (Å²) in [5.74, 6) is -0.657. The molecule has 1 aromatic rings. The van der Waals surface area contributed by atoms with Crippen LogP contribution in [-0.2, 0) is 20.5 Å². The Kier molecular flexibility index (Phi) is 5.88. The van der Waals surface area contributed by atoms with Gasteiger partial charge in [0.05, 0.1) is 18.4 Å². The van der Waals surface area contributed by atoms with E-state index in [0.29, 0.717) is 17.5 Å². The van der Waals surface area contributed by atoms with Crippen LogP contribution in [0.3, 0.4) is 0 Å². The Morgan fingerprint density at radius 3 is 2.33 bits per heavy atom. The third kappa shape index (κ3) is 5.82. The molecule has 21 heavy (non-hydrogen) atoms. The van der Waals surface area contributed by atoms with Gasteiger partial charge in [0.25, 0.3) is 0 Å². The van der Waals surface area contributed by atoms with Gasteiger partial charge in [0.2, 0.25) is 10.0 Å². The molecule has 0 spiro atoms. The predicted octanol–water partition coefficient (Wildman–Crippen LogP) is 1.05. The van der Waals surface area contributed by atoms with Crippen molar-refractivity contribution >= 4 is 16.0 Å². The fraction of sp³-hybridized carbons (Fsp3) is 0.500. The van der Waals surface area contributed by atoms with Crippen molar-refractivity contribution in [3.63, 3.8) is 0 Å². The van der Waals surface area contributed by atoms with Crippen molar-refractivity contribution in [1.29, 1.82) is 0 Å². The van der Waals surface area contributed by atoms with Gasteiger partial charge in [-0.1, -0.05) is 12.1 Å². The van der Waals surface area contributed by atoms with E-state index in [-0.39, 0.29) is 12.4 Å². The van der Waals surface area contributed by atoms with E-state index < -0.39 is 21.5 Å². The van der Waals surface area contributed by atoms with E-state index in [4.69, 9.17) is 5.11 Å². The molecule has 0 aliphatic carbocycles. The number of methoxy groups -OCH3 is 1. The number of carbonyl (C=O) groups excluding carboxylic acids is 1. The maximum atomic E-state index is 12.1. The van der Waals surface area contributed by atoms with Gasteiger partial charge in [-0.3, -0.25) is 0 Å². The normalized spacial score (nSPS) is 12.2. The number of benzene rings is 1. The van der Waals surface area contributed by atoms with E-state index in [2.05, 4.69) is 9.46 Å². The van der Waals surface area contributed by atoms with Gasteiger partial charge in [-0.25, -0.2) is 17.9 Å². The van der Waals surface area contributed by atoms with Gasteiger partial charge in [0.15, 0.2) is 0 Å². The SMILES string of the molecule is COC(=O)c1ccc(CS(=O)(=O)NC(C)(C)CCO)cc1. The fourth-order valence-electron chi connectivity index (χ4n) is 1.86. The summed E-state index contributed by atoms with van der Waals surface area (Å²) in [5, 5.41) is 8.92. The van der Waals surface area contributed by atoms with Gasteiger partial charge in [0, 0.05) is 12.1 Å². The highest BCUT2D eigenvalue weighted by Gasteiger charge is 2.24. The summed E-state index contributed by atoms with van der Waals surface area (Å²) in [6.07, 6.45) is 0.327. The molecule has 0 atom stereocenters. The number of esters is 1. The molecule has 7 heteroatoms. The molecule has 0 aromatic heterocycles. The Hall–Kier alpha value is -1.44. The third-order valence-electron chi connectivity index (χ3n) is 2.90. The van der Waals surface area contributed by atoms with Crippen LogP contribution in [0.1, 0.15) is 36.2 Å². The lowest BCUT2D eigenvalue weighted by molar-refractivity contribution is 0.0600. The van der Waals surface area contributed by atoms with Crippen LogP contribution in [0.25, 0.3) is 0 Å². The first-order valence-electron chi connectivity index (χ1n) is 6.49. The second-order valence-electron chi connectivity index (χ2n) is 5.41. The van der Waals surface area contributed by atoms with Crippen LogP contribution in [0.5, 0.6) is 0 Å². The molecule has 1 rings (SSSR count). The van der Waals surface area contributed by atoms with Crippen molar-refractivity contribution in [1.82, 2.24) is 4.72 Å². The Morgan fingerprint density at radius 2 is 1.86 bits per heavy atom. The molecule has 0 amide bonds. The van der Waals surface area contributed by atoms with Crippen LogP contribution in [-0.4, -0.2) is 38.7 Å². The molecule has 0 aliphatic rings. The summed E-state index contributed by atoms with van der Waals surface area (Å²) in [4.78, 5) is 11.3. The first-order valence-corrected chi connectivity index (χ1v) is 8.14. The molecule has 118 valence electrons. The number of hydrogen-bond donors (Lipinski definition) is 2.